The Labute approximate surface area is 190 Å². The zero-order chi connectivity index (χ0) is 22.1. The lowest BCUT2D eigenvalue weighted by Gasteiger charge is -2.11. The molecular weight excluding hydrogens is 459 g/mol. The number of ketones is 1. The number of nitrogens with one attached hydrogen (secondary N) is 1. The van der Waals surface area contributed by atoms with Crippen LogP contribution in [0.15, 0.2) is 66.7 Å². The molecule has 4 aromatic rings. The maximum atomic E-state index is 13.0. The molecular formula is C22H12Cl2N2O4S. The minimum Gasteiger partial charge on any atom is -0.321 e. The Bertz CT molecular complexity index is 1350. The van der Waals surface area contributed by atoms with Crippen LogP contribution in [-0.4, -0.2) is 16.6 Å². The van der Waals surface area contributed by atoms with Crippen LogP contribution in [0, 0.1) is 10.1 Å². The van der Waals surface area contributed by atoms with Gasteiger partial charge in [-0.1, -0.05) is 65.7 Å². The van der Waals surface area contributed by atoms with Crippen molar-refractivity contribution in [3.8, 4) is 0 Å². The molecule has 1 N–H and O–H groups in total. The Balaban J connectivity index is 1.73. The highest BCUT2D eigenvalue weighted by Gasteiger charge is 2.24. The molecule has 31 heavy (non-hydrogen) atoms. The number of non-ortho nitro benzene ring substituents is 1. The Morgan fingerprint density at radius 2 is 1.71 bits per heavy atom. The second-order valence-electron chi connectivity index (χ2n) is 6.50. The number of nitrogens with zero attached hydrogens (tertiary/aromatic N) is 1. The van der Waals surface area contributed by atoms with Crippen molar-refractivity contribution < 1.29 is 14.5 Å². The number of nitro groups is 1. The fraction of sp³-hybridized carbons (Fsp3) is 0. The molecule has 3 aromatic carbocycles. The SMILES string of the molecule is O=C(c1ccccc1)c1cc(Cl)ccc1NC(=O)c1sc2c([N+](=O)[O-])cccc2c1Cl. The van der Waals surface area contributed by atoms with Gasteiger partial charge < -0.3 is 5.32 Å². The summed E-state index contributed by atoms with van der Waals surface area (Å²) in [7, 11) is 0. The van der Waals surface area contributed by atoms with Crippen LogP contribution in [0.5, 0.6) is 0 Å². The Morgan fingerprint density at radius 3 is 2.42 bits per heavy atom. The van der Waals surface area contributed by atoms with Crippen LogP contribution in [0.3, 0.4) is 0 Å². The number of halogens is 2. The molecule has 9 heteroatoms. The van der Waals surface area contributed by atoms with E-state index in [4.69, 9.17) is 23.2 Å². The summed E-state index contributed by atoms with van der Waals surface area (Å²) >= 11 is 13.4. The van der Waals surface area contributed by atoms with E-state index in [0.29, 0.717) is 20.7 Å². The number of carbonyl (C=O) groups excluding carboxylic acids is 2. The summed E-state index contributed by atoms with van der Waals surface area (Å²) < 4.78 is 0.305. The fourth-order valence-electron chi connectivity index (χ4n) is 3.10. The average molecular weight is 471 g/mol. The van der Waals surface area contributed by atoms with Gasteiger partial charge in [0.15, 0.2) is 5.78 Å². The Morgan fingerprint density at radius 1 is 0.968 bits per heavy atom. The second-order valence-corrected chi connectivity index (χ2v) is 8.33. The standard InChI is InChI=1S/C22H12Cl2N2O4S/c23-13-9-10-16(15(11-13)19(27)12-5-2-1-3-6-12)25-22(28)21-18(24)14-7-4-8-17(26(29)30)20(14)31-21/h1-11H,(H,25,28). The van der Waals surface area contributed by atoms with E-state index in [-0.39, 0.29) is 32.6 Å². The third-order valence-corrected chi connectivity index (χ3v) is 6.51. The van der Waals surface area contributed by atoms with Gasteiger partial charge >= 0.3 is 0 Å². The number of nitro benzene ring substituents is 1. The van der Waals surface area contributed by atoms with Gasteiger partial charge in [0.1, 0.15) is 9.58 Å². The van der Waals surface area contributed by atoms with Gasteiger partial charge in [0, 0.05) is 27.6 Å². The van der Waals surface area contributed by atoms with Crippen molar-refractivity contribution in [2.24, 2.45) is 0 Å². The number of hydrogen-bond acceptors (Lipinski definition) is 5. The molecule has 0 spiro atoms. The molecule has 0 saturated carbocycles. The summed E-state index contributed by atoms with van der Waals surface area (Å²) in [6.45, 7) is 0. The van der Waals surface area contributed by atoms with Crippen LogP contribution in [0.2, 0.25) is 10.0 Å². The quantitative estimate of drug-likeness (QED) is 0.202. The van der Waals surface area contributed by atoms with E-state index >= 15 is 0 Å². The third kappa shape index (κ3) is 4.03. The molecule has 1 heterocycles. The molecule has 0 fully saturated rings. The van der Waals surface area contributed by atoms with Crippen LogP contribution in [0.1, 0.15) is 25.6 Å². The topological polar surface area (TPSA) is 89.3 Å². The lowest BCUT2D eigenvalue weighted by atomic mass is 10.0. The van der Waals surface area contributed by atoms with E-state index in [1.807, 2.05) is 0 Å². The number of thiophene rings is 1. The van der Waals surface area contributed by atoms with Crippen molar-refractivity contribution >= 4 is 67.7 Å². The summed E-state index contributed by atoms with van der Waals surface area (Å²) in [6, 6.07) is 17.6. The van der Waals surface area contributed by atoms with Crippen LogP contribution in [0.4, 0.5) is 11.4 Å². The van der Waals surface area contributed by atoms with Crippen LogP contribution >= 0.6 is 34.5 Å². The van der Waals surface area contributed by atoms with Crippen molar-refractivity contribution in [3.63, 3.8) is 0 Å². The lowest BCUT2D eigenvalue weighted by Crippen LogP contribution is -2.14. The summed E-state index contributed by atoms with van der Waals surface area (Å²) in [6.07, 6.45) is 0. The molecule has 6 nitrogen and oxygen atoms in total. The third-order valence-electron chi connectivity index (χ3n) is 4.55. The molecule has 0 aliphatic rings. The van der Waals surface area contributed by atoms with Gasteiger partial charge in [-0.3, -0.25) is 19.7 Å². The van der Waals surface area contributed by atoms with Crippen molar-refractivity contribution in [3.05, 3.63) is 103 Å². The van der Waals surface area contributed by atoms with Gasteiger partial charge in [-0.2, -0.15) is 0 Å². The van der Waals surface area contributed by atoms with Gasteiger partial charge in [0.25, 0.3) is 11.6 Å². The molecule has 0 aliphatic heterocycles. The van der Waals surface area contributed by atoms with Gasteiger partial charge in [0.2, 0.25) is 0 Å². The van der Waals surface area contributed by atoms with E-state index in [1.54, 1.807) is 42.5 Å². The van der Waals surface area contributed by atoms with Gasteiger partial charge in [-0.25, -0.2) is 0 Å². The summed E-state index contributed by atoms with van der Waals surface area (Å²) in [5.41, 5.74) is 0.784. The smallest absolute Gasteiger partial charge is 0.287 e. The normalized spacial score (nSPS) is 10.8. The number of rotatable bonds is 5. The highest BCUT2D eigenvalue weighted by molar-refractivity contribution is 7.22. The first-order chi connectivity index (χ1) is 14.9. The Hall–Kier alpha value is -3.26. The predicted molar refractivity (Wildman–Crippen MR) is 123 cm³/mol. The van der Waals surface area contributed by atoms with E-state index in [2.05, 4.69) is 5.32 Å². The molecule has 154 valence electrons. The average Bonchev–Trinajstić information content (AvgIpc) is 3.11. The number of anilines is 1. The number of fused-ring (bicyclic) bond motifs is 1. The molecule has 0 atom stereocenters. The highest BCUT2D eigenvalue weighted by atomic mass is 35.5. The van der Waals surface area contributed by atoms with Gasteiger partial charge in [-0.05, 0) is 18.2 Å². The number of amides is 1. The fourth-order valence-corrected chi connectivity index (χ4v) is 4.76. The van der Waals surface area contributed by atoms with Gasteiger partial charge in [-0.15, -0.1) is 11.3 Å². The minimum absolute atomic E-state index is 0.110. The second kappa shape index (κ2) is 8.47. The van der Waals surface area contributed by atoms with E-state index in [1.165, 1.54) is 24.3 Å². The van der Waals surface area contributed by atoms with Crippen molar-refractivity contribution in [1.29, 1.82) is 0 Å². The zero-order valence-electron chi connectivity index (χ0n) is 15.6. The predicted octanol–water partition coefficient (Wildman–Crippen LogP) is 6.60. The molecule has 1 aromatic heterocycles. The molecule has 0 unspecified atom stereocenters. The first kappa shape index (κ1) is 21.0. The Kier molecular flexibility index (Phi) is 5.73. The van der Waals surface area contributed by atoms with Gasteiger partial charge in [0.05, 0.1) is 15.6 Å². The summed E-state index contributed by atoms with van der Waals surface area (Å²) in [5.74, 6) is -0.888. The van der Waals surface area contributed by atoms with Crippen LogP contribution in [0.25, 0.3) is 10.1 Å². The maximum Gasteiger partial charge on any atom is 0.287 e. The molecule has 1 amide bonds. The lowest BCUT2D eigenvalue weighted by molar-refractivity contribution is -0.382. The summed E-state index contributed by atoms with van der Waals surface area (Å²) in [5, 5.41) is 14.9. The highest BCUT2D eigenvalue weighted by Crippen LogP contribution is 2.40. The molecule has 0 radical (unpaired) electrons. The maximum absolute atomic E-state index is 13.0. The minimum atomic E-state index is -0.579. The van der Waals surface area contributed by atoms with Crippen molar-refractivity contribution in [2.75, 3.05) is 5.32 Å². The summed E-state index contributed by atoms with van der Waals surface area (Å²) in [4.78, 5) is 36.8. The number of benzene rings is 3. The van der Waals surface area contributed by atoms with E-state index in [0.717, 1.165) is 11.3 Å². The number of hydrogen-bond donors (Lipinski definition) is 1. The molecule has 0 aliphatic carbocycles. The first-order valence-corrected chi connectivity index (χ1v) is 10.5. The largest absolute Gasteiger partial charge is 0.321 e. The molecule has 4 rings (SSSR count). The van der Waals surface area contributed by atoms with Crippen molar-refractivity contribution in [1.82, 2.24) is 0 Å². The molecule has 0 bridgehead atoms. The first-order valence-electron chi connectivity index (χ1n) is 8.93. The van der Waals surface area contributed by atoms with E-state index in [9.17, 15) is 19.7 Å². The van der Waals surface area contributed by atoms with Crippen molar-refractivity contribution in [2.45, 2.75) is 0 Å². The van der Waals surface area contributed by atoms with Crippen LogP contribution < -0.4 is 5.32 Å². The monoisotopic (exact) mass is 470 g/mol. The number of carbonyl (C=O) groups is 2. The zero-order valence-corrected chi connectivity index (χ0v) is 17.9. The van der Waals surface area contributed by atoms with E-state index < -0.39 is 10.8 Å². The molecule has 0 saturated heterocycles. The van der Waals surface area contributed by atoms with Crippen LogP contribution in [-0.2, 0) is 0 Å².